The van der Waals surface area contributed by atoms with E-state index in [2.05, 4.69) is 5.16 Å². The van der Waals surface area contributed by atoms with Crippen LogP contribution in [0.4, 0.5) is 5.82 Å². The minimum atomic E-state index is 0.441. The van der Waals surface area contributed by atoms with E-state index in [0.717, 1.165) is 17.7 Å². The van der Waals surface area contributed by atoms with E-state index < -0.39 is 0 Å². The topological polar surface area (TPSA) is 65.2 Å². The number of nitrogen functional groups attached to an aromatic ring is 1. The second-order valence-electron chi connectivity index (χ2n) is 3.14. The zero-order chi connectivity index (χ0) is 10.1. The van der Waals surface area contributed by atoms with Gasteiger partial charge < -0.3 is 14.7 Å². The standard InChI is InChI=1S/C10H12N2O2/c1-3-7-9(14-12-10(7)11)8-5-4-6(2)13-8/h4-5H,3H2,1-2H3,(H2,11,12). The predicted octanol–water partition coefficient (Wildman–Crippen LogP) is 2.39. The van der Waals surface area contributed by atoms with Crippen LogP contribution < -0.4 is 5.73 Å². The Morgan fingerprint density at radius 3 is 2.79 bits per heavy atom. The third-order valence-corrected chi connectivity index (χ3v) is 2.14. The fourth-order valence-corrected chi connectivity index (χ4v) is 1.41. The second-order valence-corrected chi connectivity index (χ2v) is 3.14. The number of nitrogens with two attached hydrogens (primary N) is 1. The molecule has 4 nitrogen and oxygen atoms in total. The van der Waals surface area contributed by atoms with E-state index in [9.17, 15) is 0 Å². The fourth-order valence-electron chi connectivity index (χ4n) is 1.41. The lowest BCUT2D eigenvalue weighted by molar-refractivity contribution is 0.417. The van der Waals surface area contributed by atoms with Gasteiger partial charge in [0.2, 0.25) is 5.76 Å². The molecule has 0 spiro atoms. The molecule has 2 N–H and O–H groups in total. The minimum absolute atomic E-state index is 0.441. The Bertz CT molecular complexity index is 443. The molecule has 2 rings (SSSR count). The van der Waals surface area contributed by atoms with Gasteiger partial charge in [-0.1, -0.05) is 12.1 Å². The SMILES string of the molecule is CCc1c(N)noc1-c1ccc(C)o1. The number of hydrogen-bond acceptors (Lipinski definition) is 4. The van der Waals surface area contributed by atoms with Gasteiger partial charge in [0.15, 0.2) is 11.6 Å². The van der Waals surface area contributed by atoms with E-state index in [-0.39, 0.29) is 0 Å². The van der Waals surface area contributed by atoms with Crippen LogP contribution in [0.25, 0.3) is 11.5 Å². The van der Waals surface area contributed by atoms with Gasteiger partial charge in [-0.15, -0.1) is 0 Å². The molecule has 0 aromatic carbocycles. The molecule has 0 aliphatic rings. The van der Waals surface area contributed by atoms with Crippen molar-refractivity contribution in [1.82, 2.24) is 5.16 Å². The smallest absolute Gasteiger partial charge is 0.207 e. The molecule has 0 saturated heterocycles. The molecule has 0 aliphatic carbocycles. The first-order valence-corrected chi connectivity index (χ1v) is 4.53. The first kappa shape index (κ1) is 8.87. The van der Waals surface area contributed by atoms with Gasteiger partial charge in [-0.05, 0) is 25.5 Å². The number of rotatable bonds is 2. The lowest BCUT2D eigenvalue weighted by atomic mass is 10.1. The van der Waals surface area contributed by atoms with E-state index >= 15 is 0 Å². The largest absolute Gasteiger partial charge is 0.458 e. The minimum Gasteiger partial charge on any atom is -0.458 e. The zero-order valence-electron chi connectivity index (χ0n) is 8.20. The van der Waals surface area contributed by atoms with Gasteiger partial charge in [0.25, 0.3) is 0 Å². The highest BCUT2D eigenvalue weighted by Crippen LogP contribution is 2.29. The molecule has 0 unspecified atom stereocenters. The van der Waals surface area contributed by atoms with E-state index in [1.165, 1.54) is 0 Å². The van der Waals surface area contributed by atoms with Crippen molar-refractivity contribution in [3.8, 4) is 11.5 Å². The van der Waals surface area contributed by atoms with Gasteiger partial charge in [-0.2, -0.15) is 0 Å². The number of aromatic nitrogens is 1. The molecule has 0 amide bonds. The molecule has 2 heterocycles. The molecule has 0 fully saturated rings. The Kier molecular flexibility index (Phi) is 2.04. The summed E-state index contributed by atoms with van der Waals surface area (Å²) in [5.41, 5.74) is 6.55. The summed E-state index contributed by atoms with van der Waals surface area (Å²) in [5.74, 6) is 2.61. The maximum Gasteiger partial charge on any atom is 0.207 e. The molecule has 4 heteroatoms. The van der Waals surface area contributed by atoms with Gasteiger partial charge in [0, 0.05) is 5.56 Å². The summed E-state index contributed by atoms with van der Waals surface area (Å²) in [4.78, 5) is 0. The molecular weight excluding hydrogens is 180 g/mol. The normalized spacial score (nSPS) is 10.7. The first-order valence-electron chi connectivity index (χ1n) is 4.53. The van der Waals surface area contributed by atoms with Crippen molar-refractivity contribution in [2.45, 2.75) is 20.3 Å². The number of furan rings is 1. The van der Waals surface area contributed by atoms with Gasteiger partial charge in [-0.3, -0.25) is 0 Å². The van der Waals surface area contributed by atoms with Crippen LogP contribution in [-0.4, -0.2) is 5.16 Å². The third-order valence-electron chi connectivity index (χ3n) is 2.14. The maximum atomic E-state index is 5.65. The third kappa shape index (κ3) is 1.28. The summed E-state index contributed by atoms with van der Waals surface area (Å²) in [5, 5.41) is 3.72. The van der Waals surface area contributed by atoms with Crippen LogP contribution in [0.1, 0.15) is 18.2 Å². The van der Waals surface area contributed by atoms with Crippen molar-refractivity contribution < 1.29 is 8.94 Å². The Morgan fingerprint density at radius 2 is 2.21 bits per heavy atom. The van der Waals surface area contributed by atoms with Crippen LogP contribution in [-0.2, 0) is 6.42 Å². The summed E-state index contributed by atoms with van der Waals surface area (Å²) in [6.45, 7) is 3.89. The summed E-state index contributed by atoms with van der Waals surface area (Å²) < 4.78 is 10.6. The Labute approximate surface area is 81.7 Å². The molecule has 14 heavy (non-hydrogen) atoms. The maximum absolute atomic E-state index is 5.65. The molecule has 2 aromatic rings. The lowest BCUT2D eigenvalue weighted by Gasteiger charge is -1.94. The van der Waals surface area contributed by atoms with Crippen LogP contribution in [0.15, 0.2) is 21.1 Å². The molecule has 0 radical (unpaired) electrons. The molecule has 0 atom stereocenters. The summed E-state index contributed by atoms with van der Waals surface area (Å²) in [7, 11) is 0. The fraction of sp³-hybridized carbons (Fsp3) is 0.300. The second kappa shape index (κ2) is 3.21. The molecule has 2 aromatic heterocycles. The Morgan fingerprint density at radius 1 is 1.43 bits per heavy atom. The van der Waals surface area contributed by atoms with Crippen LogP contribution in [0, 0.1) is 6.92 Å². The summed E-state index contributed by atoms with van der Waals surface area (Å²) in [6.07, 6.45) is 0.782. The van der Waals surface area contributed by atoms with Crippen molar-refractivity contribution in [3.05, 3.63) is 23.5 Å². The van der Waals surface area contributed by atoms with Crippen LogP contribution in [0.3, 0.4) is 0 Å². The number of nitrogens with zero attached hydrogens (tertiary/aromatic N) is 1. The number of aryl methyl sites for hydroxylation is 1. The molecule has 0 bridgehead atoms. The van der Waals surface area contributed by atoms with E-state index in [4.69, 9.17) is 14.7 Å². The number of hydrogen-bond donors (Lipinski definition) is 1. The van der Waals surface area contributed by atoms with Crippen LogP contribution >= 0.6 is 0 Å². The quantitative estimate of drug-likeness (QED) is 0.793. The van der Waals surface area contributed by atoms with Gasteiger partial charge in [0.1, 0.15) is 5.76 Å². The van der Waals surface area contributed by atoms with Crippen molar-refractivity contribution >= 4 is 5.82 Å². The summed E-state index contributed by atoms with van der Waals surface area (Å²) >= 11 is 0. The predicted molar refractivity (Wildman–Crippen MR) is 52.7 cm³/mol. The average molecular weight is 192 g/mol. The summed E-state index contributed by atoms with van der Waals surface area (Å²) in [6, 6.07) is 3.74. The van der Waals surface area contributed by atoms with Crippen molar-refractivity contribution in [2.75, 3.05) is 5.73 Å². The lowest BCUT2D eigenvalue weighted by Crippen LogP contribution is -1.90. The van der Waals surface area contributed by atoms with Gasteiger partial charge >= 0.3 is 0 Å². The highest BCUT2D eigenvalue weighted by atomic mass is 16.5. The monoisotopic (exact) mass is 192 g/mol. The van der Waals surface area contributed by atoms with Gasteiger partial charge in [-0.25, -0.2) is 0 Å². The van der Waals surface area contributed by atoms with Gasteiger partial charge in [0.05, 0.1) is 0 Å². The van der Waals surface area contributed by atoms with E-state index in [1.807, 2.05) is 26.0 Å². The highest BCUT2D eigenvalue weighted by molar-refractivity contribution is 5.61. The van der Waals surface area contributed by atoms with Crippen LogP contribution in [0.5, 0.6) is 0 Å². The van der Waals surface area contributed by atoms with E-state index in [0.29, 0.717) is 17.3 Å². The van der Waals surface area contributed by atoms with E-state index in [1.54, 1.807) is 0 Å². The number of anilines is 1. The first-order chi connectivity index (χ1) is 6.72. The zero-order valence-corrected chi connectivity index (χ0v) is 8.20. The Balaban J connectivity index is 2.51. The average Bonchev–Trinajstić information content (AvgIpc) is 2.71. The Hall–Kier alpha value is -1.71. The van der Waals surface area contributed by atoms with Crippen molar-refractivity contribution in [3.63, 3.8) is 0 Å². The van der Waals surface area contributed by atoms with Crippen molar-refractivity contribution in [1.29, 1.82) is 0 Å². The highest BCUT2D eigenvalue weighted by Gasteiger charge is 2.16. The molecule has 0 saturated carbocycles. The van der Waals surface area contributed by atoms with Crippen LogP contribution in [0.2, 0.25) is 0 Å². The molecular formula is C10H12N2O2. The molecule has 74 valence electrons. The van der Waals surface area contributed by atoms with Crippen molar-refractivity contribution in [2.24, 2.45) is 0 Å². The molecule has 0 aliphatic heterocycles.